The third-order valence-corrected chi connectivity index (χ3v) is 3.44. The van der Waals surface area contributed by atoms with Gasteiger partial charge in [-0.2, -0.15) is 0 Å². The maximum atomic E-state index is 12.7. The fraction of sp³-hybridized carbons (Fsp3) is 0.500. The zero-order valence-electron chi connectivity index (χ0n) is 11.6. The molecule has 0 saturated carbocycles. The molecule has 19 heavy (non-hydrogen) atoms. The molecule has 0 aliphatic carbocycles. The van der Waals surface area contributed by atoms with Gasteiger partial charge in [-0.25, -0.2) is 0 Å². The number of likely N-dealkylation sites (N-methyl/N-ethyl adjacent to an activating group) is 1. The van der Waals surface area contributed by atoms with Gasteiger partial charge < -0.3 is 19.7 Å². The Hall–Kier alpha value is -1.75. The van der Waals surface area contributed by atoms with Gasteiger partial charge in [0.15, 0.2) is 0 Å². The minimum atomic E-state index is -0.0386. The van der Waals surface area contributed by atoms with Crippen LogP contribution in [0.5, 0.6) is 11.5 Å². The summed E-state index contributed by atoms with van der Waals surface area (Å²) in [5.74, 6) is 1.06. The molecule has 1 aliphatic rings. The molecule has 1 aliphatic heterocycles. The Bertz CT molecular complexity index is 436. The highest BCUT2D eigenvalue weighted by atomic mass is 16.5. The molecule has 0 aromatic heterocycles. The topological polar surface area (TPSA) is 50.8 Å². The van der Waals surface area contributed by atoms with Crippen molar-refractivity contribution in [3.8, 4) is 11.5 Å². The van der Waals surface area contributed by atoms with Crippen molar-refractivity contribution in [1.82, 2.24) is 10.2 Å². The quantitative estimate of drug-likeness (QED) is 0.866. The second kappa shape index (κ2) is 5.93. The van der Waals surface area contributed by atoms with Crippen LogP contribution in [0.2, 0.25) is 0 Å². The minimum Gasteiger partial charge on any atom is -0.496 e. The first-order chi connectivity index (χ1) is 9.22. The van der Waals surface area contributed by atoms with Gasteiger partial charge in [-0.15, -0.1) is 0 Å². The minimum absolute atomic E-state index is 0.0386. The Balaban J connectivity index is 2.35. The van der Waals surface area contributed by atoms with E-state index in [-0.39, 0.29) is 11.9 Å². The monoisotopic (exact) mass is 264 g/mol. The van der Waals surface area contributed by atoms with Crippen LogP contribution in [0.15, 0.2) is 18.2 Å². The van der Waals surface area contributed by atoms with Crippen molar-refractivity contribution in [1.29, 1.82) is 0 Å². The van der Waals surface area contributed by atoms with Crippen molar-refractivity contribution < 1.29 is 14.3 Å². The van der Waals surface area contributed by atoms with Crippen LogP contribution in [0.4, 0.5) is 0 Å². The highest BCUT2D eigenvalue weighted by molar-refractivity contribution is 6.00. The van der Waals surface area contributed by atoms with E-state index in [2.05, 4.69) is 5.32 Å². The predicted octanol–water partition coefficient (Wildman–Crippen LogP) is 1.14. The van der Waals surface area contributed by atoms with Gasteiger partial charge >= 0.3 is 0 Å². The number of carbonyl (C=O) groups is 1. The fourth-order valence-electron chi connectivity index (χ4n) is 2.27. The third-order valence-electron chi connectivity index (χ3n) is 3.44. The molecule has 1 heterocycles. The summed E-state index contributed by atoms with van der Waals surface area (Å²) in [5, 5.41) is 3.18. The smallest absolute Gasteiger partial charge is 0.261 e. The molecule has 5 heteroatoms. The molecule has 104 valence electrons. The molecular weight excluding hydrogens is 244 g/mol. The highest BCUT2D eigenvalue weighted by Gasteiger charge is 2.31. The lowest BCUT2D eigenvalue weighted by molar-refractivity contribution is 0.0623. The number of rotatable bonds is 5. The molecule has 1 fully saturated rings. The summed E-state index contributed by atoms with van der Waals surface area (Å²) in [7, 11) is 3.12. The average Bonchev–Trinajstić information content (AvgIpc) is 2.40. The number of amides is 1. The lowest BCUT2D eigenvalue weighted by Gasteiger charge is -2.38. The maximum absolute atomic E-state index is 12.7. The van der Waals surface area contributed by atoms with E-state index >= 15 is 0 Å². The van der Waals surface area contributed by atoms with Gasteiger partial charge in [-0.1, -0.05) is 6.07 Å². The van der Waals surface area contributed by atoms with Crippen LogP contribution >= 0.6 is 0 Å². The molecule has 0 atom stereocenters. The number of hydrogen-bond acceptors (Lipinski definition) is 4. The first-order valence-corrected chi connectivity index (χ1v) is 6.45. The Morgan fingerprint density at radius 2 is 1.89 bits per heavy atom. The standard InChI is InChI=1S/C14H20N2O3/c1-4-16(10-8-15-9-10)14(17)13-11(18-2)6-5-7-12(13)19-3/h5-7,10,15H,4,8-9H2,1-3H3. The molecule has 1 N–H and O–H groups in total. The maximum Gasteiger partial charge on any atom is 0.261 e. The number of carbonyl (C=O) groups excluding carboxylic acids is 1. The van der Waals surface area contributed by atoms with Crippen molar-refractivity contribution in [2.45, 2.75) is 13.0 Å². The lowest BCUT2D eigenvalue weighted by Crippen LogP contribution is -2.58. The Morgan fingerprint density at radius 3 is 2.26 bits per heavy atom. The second-order valence-electron chi connectivity index (χ2n) is 4.44. The lowest BCUT2D eigenvalue weighted by atomic mass is 10.1. The van der Waals surface area contributed by atoms with Crippen LogP contribution in [0.1, 0.15) is 17.3 Å². The summed E-state index contributed by atoms with van der Waals surface area (Å²) < 4.78 is 10.6. The molecule has 1 amide bonds. The zero-order valence-corrected chi connectivity index (χ0v) is 11.6. The van der Waals surface area contributed by atoms with Gasteiger partial charge in [-0.3, -0.25) is 4.79 Å². The Kier molecular flexibility index (Phi) is 4.27. The molecule has 1 aromatic carbocycles. The average molecular weight is 264 g/mol. The van der Waals surface area contributed by atoms with Crippen LogP contribution in [-0.4, -0.2) is 50.7 Å². The Labute approximate surface area is 113 Å². The molecule has 0 spiro atoms. The predicted molar refractivity (Wildman–Crippen MR) is 72.9 cm³/mol. The van der Waals surface area contributed by atoms with Crippen molar-refractivity contribution in [2.24, 2.45) is 0 Å². The largest absolute Gasteiger partial charge is 0.496 e. The summed E-state index contributed by atoms with van der Waals surface area (Å²) in [6.45, 7) is 4.35. The summed E-state index contributed by atoms with van der Waals surface area (Å²) in [6, 6.07) is 5.63. The van der Waals surface area contributed by atoms with E-state index < -0.39 is 0 Å². The van der Waals surface area contributed by atoms with E-state index in [1.807, 2.05) is 17.9 Å². The fourth-order valence-corrected chi connectivity index (χ4v) is 2.27. The molecular formula is C14H20N2O3. The SMILES string of the molecule is CCN(C(=O)c1c(OC)cccc1OC)C1CNC1. The first kappa shape index (κ1) is 13.7. The summed E-state index contributed by atoms with van der Waals surface area (Å²) >= 11 is 0. The molecule has 1 saturated heterocycles. The summed E-state index contributed by atoms with van der Waals surface area (Å²) in [6.07, 6.45) is 0. The normalized spacial score (nSPS) is 14.7. The third kappa shape index (κ3) is 2.51. The molecule has 5 nitrogen and oxygen atoms in total. The zero-order chi connectivity index (χ0) is 13.8. The van der Waals surface area contributed by atoms with Crippen molar-refractivity contribution in [3.63, 3.8) is 0 Å². The number of nitrogens with one attached hydrogen (secondary N) is 1. The van der Waals surface area contributed by atoms with Crippen LogP contribution in [-0.2, 0) is 0 Å². The molecule has 0 unspecified atom stereocenters. The molecule has 2 rings (SSSR count). The number of benzene rings is 1. The molecule has 0 bridgehead atoms. The van der Waals surface area contributed by atoms with E-state index in [9.17, 15) is 4.79 Å². The second-order valence-corrected chi connectivity index (χ2v) is 4.44. The van der Waals surface area contributed by atoms with Gasteiger partial charge in [0.25, 0.3) is 5.91 Å². The van der Waals surface area contributed by atoms with Crippen molar-refractivity contribution >= 4 is 5.91 Å². The molecule has 1 aromatic rings. The number of hydrogen-bond donors (Lipinski definition) is 1. The van der Waals surface area contributed by atoms with Gasteiger partial charge in [-0.05, 0) is 19.1 Å². The van der Waals surface area contributed by atoms with Gasteiger partial charge in [0.05, 0.1) is 20.3 Å². The summed E-state index contributed by atoms with van der Waals surface area (Å²) in [4.78, 5) is 14.6. The number of ether oxygens (including phenoxy) is 2. The van der Waals surface area contributed by atoms with E-state index in [0.717, 1.165) is 13.1 Å². The summed E-state index contributed by atoms with van der Waals surface area (Å²) in [5.41, 5.74) is 0.501. The van der Waals surface area contributed by atoms with Gasteiger partial charge in [0.1, 0.15) is 17.1 Å². The van der Waals surface area contributed by atoms with E-state index in [4.69, 9.17) is 9.47 Å². The number of methoxy groups -OCH3 is 2. The van der Waals surface area contributed by atoms with Crippen molar-refractivity contribution in [2.75, 3.05) is 33.9 Å². The van der Waals surface area contributed by atoms with E-state index in [1.54, 1.807) is 26.4 Å². The number of nitrogens with zero attached hydrogens (tertiary/aromatic N) is 1. The van der Waals surface area contributed by atoms with Crippen LogP contribution < -0.4 is 14.8 Å². The van der Waals surface area contributed by atoms with E-state index in [1.165, 1.54) is 0 Å². The van der Waals surface area contributed by atoms with Crippen LogP contribution in [0, 0.1) is 0 Å². The Morgan fingerprint density at radius 1 is 1.32 bits per heavy atom. The molecule has 0 radical (unpaired) electrons. The van der Waals surface area contributed by atoms with E-state index in [0.29, 0.717) is 23.6 Å². The van der Waals surface area contributed by atoms with Crippen LogP contribution in [0.25, 0.3) is 0 Å². The highest BCUT2D eigenvalue weighted by Crippen LogP contribution is 2.30. The van der Waals surface area contributed by atoms with Gasteiger partial charge in [0.2, 0.25) is 0 Å². The van der Waals surface area contributed by atoms with Crippen LogP contribution in [0.3, 0.4) is 0 Å². The first-order valence-electron chi connectivity index (χ1n) is 6.45. The van der Waals surface area contributed by atoms with Gasteiger partial charge in [0, 0.05) is 19.6 Å². The van der Waals surface area contributed by atoms with Crippen molar-refractivity contribution in [3.05, 3.63) is 23.8 Å².